The van der Waals surface area contributed by atoms with Gasteiger partial charge in [-0.1, -0.05) is 13.8 Å². The van der Waals surface area contributed by atoms with E-state index in [0.29, 0.717) is 0 Å². The first-order valence-corrected chi connectivity index (χ1v) is 5.23. The van der Waals surface area contributed by atoms with E-state index in [0.717, 1.165) is 5.41 Å². The predicted molar refractivity (Wildman–Crippen MR) is 51.3 cm³/mol. The molecule has 0 atom stereocenters. The van der Waals surface area contributed by atoms with Gasteiger partial charge >= 0.3 is 0 Å². The van der Waals surface area contributed by atoms with E-state index in [-0.39, 0.29) is 0 Å². The summed E-state index contributed by atoms with van der Waals surface area (Å²) in [5.41, 5.74) is 0.741. The molecule has 0 amide bonds. The maximum absolute atomic E-state index is 2.59. The highest BCUT2D eigenvalue weighted by Crippen LogP contribution is 2.38. The number of hydrogen-bond donors (Lipinski definition) is 0. The summed E-state index contributed by atoms with van der Waals surface area (Å²) < 4.78 is 0. The molecule has 0 aromatic rings. The average Bonchev–Trinajstić information content (AvgIpc) is 1.91. The van der Waals surface area contributed by atoms with Gasteiger partial charge in [0.05, 0.1) is 0 Å². The standard InChI is InChI=1S/C10H20N2/c1-3-5-12-8-10(9-12)6-11(4-2)7-10/h3-9H2,1-2H3. The summed E-state index contributed by atoms with van der Waals surface area (Å²) in [5.74, 6) is 0. The van der Waals surface area contributed by atoms with Crippen LogP contribution in [0.25, 0.3) is 0 Å². The largest absolute Gasteiger partial charge is 0.302 e. The molecule has 0 aromatic heterocycles. The van der Waals surface area contributed by atoms with Gasteiger partial charge in [-0.2, -0.15) is 0 Å². The Hall–Kier alpha value is -0.0800. The van der Waals surface area contributed by atoms with Gasteiger partial charge in [0.2, 0.25) is 0 Å². The summed E-state index contributed by atoms with van der Waals surface area (Å²) in [4.78, 5) is 5.14. The lowest BCUT2D eigenvalue weighted by Crippen LogP contribution is -2.71. The molecule has 0 aliphatic carbocycles. The lowest BCUT2D eigenvalue weighted by atomic mass is 9.73. The van der Waals surface area contributed by atoms with E-state index in [2.05, 4.69) is 23.6 Å². The molecule has 2 aliphatic heterocycles. The highest BCUT2D eigenvalue weighted by Gasteiger charge is 2.50. The molecular weight excluding hydrogens is 148 g/mol. The van der Waals surface area contributed by atoms with Crippen molar-refractivity contribution >= 4 is 0 Å². The Kier molecular flexibility index (Phi) is 2.13. The molecule has 0 saturated carbocycles. The molecule has 0 N–H and O–H groups in total. The third-order valence-corrected chi connectivity index (χ3v) is 3.22. The molecule has 0 aromatic carbocycles. The molecule has 12 heavy (non-hydrogen) atoms. The van der Waals surface area contributed by atoms with Crippen molar-refractivity contribution in [2.45, 2.75) is 20.3 Å². The number of nitrogens with zero attached hydrogens (tertiary/aromatic N) is 2. The average molecular weight is 168 g/mol. The Balaban J connectivity index is 1.69. The molecule has 2 nitrogen and oxygen atoms in total. The maximum Gasteiger partial charge on any atom is 0.0212 e. The summed E-state index contributed by atoms with van der Waals surface area (Å²) in [6.07, 6.45) is 1.31. The fraction of sp³-hybridized carbons (Fsp3) is 1.00. The molecule has 2 aliphatic rings. The number of rotatable bonds is 3. The van der Waals surface area contributed by atoms with Gasteiger partial charge in [0.15, 0.2) is 0 Å². The zero-order valence-corrected chi connectivity index (χ0v) is 8.34. The maximum atomic E-state index is 2.59. The van der Waals surface area contributed by atoms with Crippen LogP contribution in [0.4, 0.5) is 0 Å². The van der Waals surface area contributed by atoms with Crippen molar-refractivity contribution in [1.82, 2.24) is 9.80 Å². The summed E-state index contributed by atoms with van der Waals surface area (Å²) in [6.45, 7) is 12.6. The Morgan fingerprint density at radius 3 is 2.08 bits per heavy atom. The second-order valence-corrected chi connectivity index (χ2v) is 4.51. The summed E-state index contributed by atoms with van der Waals surface area (Å²) in [6, 6.07) is 0. The monoisotopic (exact) mass is 168 g/mol. The molecule has 2 fully saturated rings. The van der Waals surface area contributed by atoms with E-state index in [1.807, 2.05) is 0 Å². The molecule has 1 spiro atoms. The Morgan fingerprint density at radius 1 is 1.00 bits per heavy atom. The van der Waals surface area contributed by atoms with Crippen LogP contribution in [0.5, 0.6) is 0 Å². The van der Waals surface area contributed by atoms with Crippen LogP contribution in [0.3, 0.4) is 0 Å². The summed E-state index contributed by atoms with van der Waals surface area (Å²) in [7, 11) is 0. The van der Waals surface area contributed by atoms with Crippen molar-refractivity contribution in [2.24, 2.45) is 5.41 Å². The third-order valence-electron chi connectivity index (χ3n) is 3.22. The number of hydrogen-bond acceptors (Lipinski definition) is 2. The quantitative estimate of drug-likeness (QED) is 0.621. The van der Waals surface area contributed by atoms with Crippen molar-refractivity contribution in [3.8, 4) is 0 Å². The van der Waals surface area contributed by atoms with Gasteiger partial charge in [-0.15, -0.1) is 0 Å². The van der Waals surface area contributed by atoms with Crippen LogP contribution in [-0.2, 0) is 0 Å². The Morgan fingerprint density at radius 2 is 1.58 bits per heavy atom. The first kappa shape index (κ1) is 8.52. The number of likely N-dealkylation sites (tertiary alicyclic amines) is 2. The third kappa shape index (κ3) is 1.27. The first-order valence-electron chi connectivity index (χ1n) is 5.23. The minimum atomic E-state index is 0.741. The molecule has 70 valence electrons. The van der Waals surface area contributed by atoms with Crippen LogP contribution in [0.15, 0.2) is 0 Å². The van der Waals surface area contributed by atoms with Gasteiger partial charge in [0.25, 0.3) is 0 Å². The lowest BCUT2D eigenvalue weighted by Gasteiger charge is -2.60. The molecular formula is C10H20N2. The van der Waals surface area contributed by atoms with Crippen LogP contribution in [-0.4, -0.2) is 49.1 Å². The van der Waals surface area contributed by atoms with Crippen LogP contribution in [0, 0.1) is 5.41 Å². The van der Waals surface area contributed by atoms with E-state index >= 15 is 0 Å². The van der Waals surface area contributed by atoms with Crippen LogP contribution in [0.2, 0.25) is 0 Å². The molecule has 2 heterocycles. The van der Waals surface area contributed by atoms with E-state index in [1.165, 1.54) is 45.7 Å². The van der Waals surface area contributed by atoms with Crippen molar-refractivity contribution in [3.63, 3.8) is 0 Å². The van der Waals surface area contributed by atoms with Crippen LogP contribution < -0.4 is 0 Å². The van der Waals surface area contributed by atoms with Gasteiger partial charge in [-0.3, -0.25) is 0 Å². The highest BCUT2D eigenvalue weighted by molar-refractivity contribution is 5.04. The van der Waals surface area contributed by atoms with Crippen LogP contribution in [0.1, 0.15) is 20.3 Å². The molecule has 2 saturated heterocycles. The van der Waals surface area contributed by atoms with Gasteiger partial charge in [0.1, 0.15) is 0 Å². The fourth-order valence-electron chi connectivity index (χ4n) is 2.70. The minimum Gasteiger partial charge on any atom is -0.302 e. The zero-order chi connectivity index (χ0) is 8.60. The van der Waals surface area contributed by atoms with E-state index in [9.17, 15) is 0 Å². The Labute approximate surface area is 75.5 Å². The van der Waals surface area contributed by atoms with Crippen molar-refractivity contribution in [3.05, 3.63) is 0 Å². The minimum absolute atomic E-state index is 0.741. The molecule has 2 rings (SSSR count). The molecule has 0 bridgehead atoms. The lowest BCUT2D eigenvalue weighted by molar-refractivity contribution is -0.112. The van der Waals surface area contributed by atoms with Gasteiger partial charge in [-0.05, 0) is 19.5 Å². The van der Waals surface area contributed by atoms with Crippen molar-refractivity contribution in [2.75, 3.05) is 39.3 Å². The predicted octanol–water partition coefficient (Wildman–Crippen LogP) is 1.03. The topological polar surface area (TPSA) is 6.48 Å². The molecule has 0 radical (unpaired) electrons. The second-order valence-electron chi connectivity index (χ2n) is 4.51. The van der Waals surface area contributed by atoms with Crippen molar-refractivity contribution in [1.29, 1.82) is 0 Å². The fourth-order valence-corrected chi connectivity index (χ4v) is 2.70. The van der Waals surface area contributed by atoms with Gasteiger partial charge < -0.3 is 9.80 Å². The van der Waals surface area contributed by atoms with Crippen LogP contribution >= 0.6 is 0 Å². The second kappa shape index (κ2) is 3.00. The normalized spacial score (nSPS) is 28.5. The van der Waals surface area contributed by atoms with Gasteiger partial charge in [0, 0.05) is 31.6 Å². The van der Waals surface area contributed by atoms with Gasteiger partial charge in [-0.25, -0.2) is 0 Å². The summed E-state index contributed by atoms with van der Waals surface area (Å²) >= 11 is 0. The van der Waals surface area contributed by atoms with E-state index < -0.39 is 0 Å². The smallest absolute Gasteiger partial charge is 0.0212 e. The van der Waals surface area contributed by atoms with Crippen molar-refractivity contribution < 1.29 is 0 Å². The molecule has 2 heteroatoms. The Bertz CT molecular complexity index is 153. The SMILES string of the molecule is CCCN1CC2(CN(CC)C2)C1. The first-order chi connectivity index (χ1) is 5.78. The van der Waals surface area contributed by atoms with E-state index in [1.54, 1.807) is 0 Å². The summed E-state index contributed by atoms with van der Waals surface area (Å²) in [5, 5.41) is 0. The zero-order valence-electron chi connectivity index (χ0n) is 8.34. The molecule has 0 unspecified atom stereocenters. The highest BCUT2D eigenvalue weighted by atomic mass is 15.3. The van der Waals surface area contributed by atoms with E-state index in [4.69, 9.17) is 0 Å².